The monoisotopic (exact) mass is 433 g/mol. The third-order valence-corrected chi connectivity index (χ3v) is 7.67. The molecule has 0 atom stereocenters. The van der Waals surface area contributed by atoms with Crippen molar-refractivity contribution in [3.05, 3.63) is 58.9 Å². The third kappa shape index (κ3) is 2.90. The van der Waals surface area contributed by atoms with Crippen LogP contribution >= 0.6 is 11.6 Å². The van der Waals surface area contributed by atoms with E-state index in [0.29, 0.717) is 17.4 Å². The van der Waals surface area contributed by atoms with Crippen molar-refractivity contribution < 1.29 is 0 Å². The van der Waals surface area contributed by atoms with Gasteiger partial charge in [0.1, 0.15) is 5.82 Å². The second-order valence-corrected chi connectivity index (χ2v) is 10.2. The summed E-state index contributed by atoms with van der Waals surface area (Å²) in [7, 11) is 0. The first kappa shape index (κ1) is 18.1. The second-order valence-electron chi connectivity index (χ2n) is 9.73. The Morgan fingerprint density at radius 2 is 1.81 bits per heavy atom. The summed E-state index contributed by atoms with van der Waals surface area (Å²) in [6, 6.07) is 8.80. The molecular formula is C23H24ClN7. The molecule has 2 saturated carbocycles. The van der Waals surface area contributed by atoms with Gasteiger partial charge in [0, 0.05) is 54.4 Å². The molecule has 0 amide bonds. The zero-order valence-corrected chi connectivity index (χ0v) is 18.0. The van der Waals surface area contributed by atoms with Gasteiger partial charge in [0.25, 0.3) is 0 Å². The van der Waals surface area contributed by atoms with E-state index in [0.717, 1.165) is 61.6 Å². The van der Waals surface area contributed by atoms with Crippen LogP contribution in [0, 0.1) is 5.41 Å². The minimum Gasteiger partial charge on any atom is -0.340 e. The van der Waals surface area contributed by atoms with Gasteiger partial charge in [-0.3, -0.25) is 9.47 Å². The van der Waals surface area contributed by atoms with Gasteiger partial charge in [-0.25, -0.2) is 9.97 Å². The molecule has 1 saturated heterocycles. The molecule has 1 aromatic carbocycles. The molecule has 7 rings (SSSR count). The van der Waals surface area contributed by atoms with Gasteiger partial charge in [-0.15, -0.1) is 10.2 Å². The van der Waals surface area contributed by atoms with Gasteiger partial charge >= 0.3 is 0 Å². The number of benzene rings is 1. The average Bonchev–Trinajstić information content (AvgIpc) is 3.50. The molecule has 0 radical (unpaired) electrons. The van der Waals surface area contributed by atoms with Gasteiger partial charge in [0.05, 0.1) is 12.2 Å². The van der Waals surface area contributed by atoms with Crippen LogP contribution in [-0.2, 0) is 13.1 Å². The highest BCUT2D eigenvalue weighted by molar-refractivity contribution is 6.30. The highest BCUT2D eigenvalue weighted by Crippen LogP contribution is 2.56. The van der Waals surface area contributed by atoms with Crippen molar-refractivity contribution >= 4 is 17.5 Å². The predicted molar refractivity (Wildman–Crippen MR) is 117 cm³/mol. The summed E-state index contributed by atoms with van der Waals surface area (Å²) in [5, 5.41) is 10.2. The fourth-order valence-corrected chi connectivity index (χ4v) is 5.99. The standard InChI is InChI=1S/C23H24ClN7/c24-17-2-5-19-15(8-17)11-29(18-3-4-18)12-20-27-28-21(31(19)20)16-9-23(10-16)13-30(14-23)22-25-6-1-7-26-22/h1-2,5-8,16,18H,3-4,9-14H2. The number of anilines is 1. The molecule has 3 aromatic rings. The van der Waals surface area contributed by atoms with Crippen molar-refractivity contribution in [3.63, 3.8) is 0 Å². The molecule has 4 heterocycles. The van der Waals surface area contributed by atoms with E-state index in [4.69, 9.17) is 16.7 Å². The van der Waals surface area contributed by atoms with E-state index in [1.54, 1.807) is 0 Å². The van der Waals surface area contributed by atoms with Crippen molar-refractivity contribution in [1.82, 2.24) is 29.6 Å². The summed E-state index contributed by atoms with van der Waals surface area (Å²) in [5.41, 5.74) is 2.87. The fourth-order valence-electron chi connectivity index (χ4n) is 5.80. The lowest BCUT2D eigenvalue weighted by Crippen LogP contribution is -2.62. The second kappa shape index (κ2) is 6.50. The lowest BCUT2D eigenvalue weighted by molar-refractivity contribution is 0.0575. The average molecular weight is 434 g/mol. The first-order chi connectivity index (χ1) is 15.2. The number of nitrogens with zero attached hydrogens (tertiary/aromatic N) is 7. The molecule has 0 bridgehead atoms. The highest BCUT2D eigenvalue weighted by atomic mass is 35.5. The molecule has 0 N–H and O–H groups in total. The highest BCUT2D eigenvalue weighted by Gasteiger charge is 2.54. The van der Waals surface area contributed by atoms with Gasteiger partial charge in [-0.05, 0) is 55.5 Å². The Morgan fingerprint density at radius 3 is 2.58 bits per heavy atom. The summed E-state index contributed by atoms with van der Waals surface area (Å²) in [6.07, 6.45) is 8.51. The minimum absolute atomic E-state index is 0.379. The van der Waals surface area contributed by atoms with Gasteiger partial charge < -0.3 is 4.90 Å². The van der Waals surface area contributed by atoms with E-state index in [-0.39, 0.29) is 0 Å². The SMILES string of the molecule is Clc1ccc2c(c1)CN(C1CC1)Cc1nnc(C3CC4(C3)CN(c3ncccn3)C4)n1-2. The lowest BCUT2D eigenvalue weighted by Gasteiger charge is -2.58. The molecule has 4 aliphatic rings. The summed E-state index contributed by atoms with van der Waals surface area (Å²) < 4.78 is 2.34. The van der Waals surface area contributed by atoms with Crippen LogP contribution in [0.25, 0.3) is 5.69 Å². The molecule has 3 fully saturated rings. The normalized spacial score (nSPS) is 22.4. The van der Waals surface area contributed by atoms with Gasteiger partial charge in [-0.1, -0.05) is 11.6 Å². The van der Waals surface area contributed by atoms with Crippen molar-refractivity contribution in [2.45, 2.75) is 50.7 Å². The topological polar surface area (TPSA) is 63.0 Å². The van der Waals surface area contributed by atoms with E-state index in [2.05, 4.69) is 41.6 Å². The van der Waals surface area contributed by atoms with Crippen LogP contribution in [0.15, 0.2) is 36.7 Å². The predicted octanol–water partition coefficient (Wildman–Crippen LogP) is 3.57. The maximum atomic E-state index is 6.37. The summed E-state index contributed by atoms with van der Waals surface area (Å²) in [4.78, 5) is 13.6. The molecule has 158 valence electrons. The van der Waals surface area contributed by atoms with Crippen molar-refractivity contribution in [2.75, 3.05) is 18.0 Å². The van der Waals surface area contributed by atoms with Gasteiger partial charge in [0.2, 0.25) is 5.95 Å². The zero-order valence-electron chi connectivity index (χ0n) is 17.3. The number of aromatic nitrogens is 5. The van der Waals surface area contributed by atoms with Crippen LogP contribution in [0.2, 0.25) is 5.02 Å². The summed E-state index contributed by atoms with van der Waals surface area (Å²) in [6.45, 7) is 3.87. The number of hydrogen-bond donors (Lipinski definition) is 0. The smallest absolute Gasteiger partial charge is 0.225 e. The molecule has 31 heavy (non-hydrogen) atoms. The third-order valence-electron chi connectivity index (χ3n) is 7.43. The van der Waals surface area contributed by atoms with E-state index >= 15 is 0 Å². The molecule has 2 aliphatic heterocycles. The molecule has 7 nitrogen and oxygen atoms in total. The van der Waals surface area contributed by atoms with Gasteiger partial charge in [0.15, 0.2) is 5.82 Å². The quantitative estimate of drug-likeness (QED) is 0.629. The van der Waals surface area contributed by atoms with E-state index < -0.39 is 0 Å². The van der Waals surface area contributed by atoms with E-state index in [1.807, 2.05) is 24.5 Å². The van der Waals surface area contributed by atoms with E-state index in [9.17, 15) is 0 Å². The van der Waals surface area contributed by atoms with Crippen LogP contribution in [0.1, 0.15) is 48.8 Å². The first-order valence-electron chi connectivity index (χ1n) is 11.2. The maximum absolute atomic E-state index is 6.37. The molecule has 8 heteroatoms. The molecule has 2 aliphatic carbocycles. The van der Waals surface area contributed by atoms with Crippen molar-refractivity contribution in [2.24, 2.45) is 5.41 Å². The lowest BCUT2D eigenvalue weighted by atomic mass is 9.57. The Labute approximate surface area is 186 Å². The Balaban J connectivity index is 1.16. The largest absolute Gasteiger partial charge is 0.340 e. The van der Waals surface area contributed by atoms with Crippen LogP contribution in [0.5, 0.6) is 0 Å². The number of rotatable bonds is 3. The van der Waals surface area contributed by atoms with Crippen molar-refractivity contribution in [3.8, 4) is 5.69 Å². The molecular weight excluding hydrogens is 410 g/mol. The van der Waals surface area contributed by atoms with Gasteiger partial charge in [-0.2, -0.15) is 0 Å². The van der Waals surface area contributed by atoms with Crippen LogP contribution < -0.4 is 4.90 Å². The zero-order chi connectivity index (χ0) is 20.6. The number of halogens is 1. The van der Waals surface area contributed by atoms with E-state index in [1.165, 1.54) is 24.1 Å². The molecule has 2 aromatic heterocycles. The van der Waals surface area contributed by atoms with Crippen LogP contribution in [-0.4, -0.2) is 48.8 Å². The Morgan fingerprint density at radius 1 is 1.00 bits per heavy atom. The summed E-state index contributed by atoms with van der Waals surface area (Å²) >= 11 is 6.37. The Kier molecular flexibility index (Phi) is 3.79. The fraction of sp³-hybridized carbons (Fsp3) is 0.478. The summed E-state index contributed by atoms with van der Waals surface area (Å²) in [5.74, 6) is 3.49. The number of hydrogen-bond acceptors (Lipinski definition) is 6. The number of fused-ring (bicyclic) bond motifs is 3. The minimum atomic E-state index is 0.379. The van der Waals surface area contributed by atoms with Crippen molar-refractivity contribution in [1.29, 1.82) is 0 Å². The maximum Gasteiger partial charge on any atom is 0.225 e. The molecule has 1 spiro atoms. The first-order valence-corrected chi connectivity index (χ1v) is 11.5. The van der Waals surface area contributed by atoms with Crippen LogP contribution in [0.4, 0.5) is 5.95 Å². The Hall–Kier alpha value is -2.51. The molecule has 0 unspecified atom stereocenters. The Bertz CT molecular complexity index is 1140. The van der Waals surface area contributed by atoms with Crippen LogP contribution in [0.3, 0.4) is 0 Å².